The predicted molar refractivity (Wildman–Crippen MR) is 84.7 cm³/mol. The Morgan fingerprint density at radius 1 is 1.41 bits per heavy atom. The van der Waals surface area contributed by atoms with Gasteiger partial charge in [-0.05, 0) is 38.1 Å². The fraction of sp³-hybridized carbons (Fsp3) is 0.412. The number of nitrogens with zero attached hydrogens (tertiary/aromatic N) is 3. The van der Waals surface area contributed by atoms with Crippen LogP contribution >= 0.6 is 0 Å². The van der Waals surface area contributed by atoms with Gasteiger partial charge < -0.3 is 14.7 Å². The maximum atomic E-state index is 9.85. The van der Waals surface area contributed by atoms with Gasteiger partial charge in [-0.3, -0.25) is 4.98 Å². The minimum absolute atomic E-state index is 0.0377. The average molecular weight is 297 g/mol. The number of anilines is 1. The van der Waals surface area contributed by atoms with Crippen molar-refractivity contribution in [1.82, 2.24) is 4.98 Å². The van der Waals surface area contributed by atoms with Crippen LogP contribution in [0.4, 0.5) is 5.69 Å². The Morgan fingerprint density at radius 3 is 2.95 bits per heavy atom. The third kappa shape index (κ3) is 2.63. The number of morpholine rings is 1. The highest BCUT2D eigenvalue weighted by Crippen LogP contribution is 2.30. The summed E-state index contributed by atoms with van der Waals surface area (Å²) in [4.78, 5) is 6.56. The lowest BCUT2D eigenvalue weighted by molar-refractivity contribution is -0.0735. The molecule has 1 N–H and O–H groups in total. The molecule has 3 atom stereocenters. The fourth-order valence-corrected chi connectivity index (χ4v) is 2.97. The minimum atomic E-state index is -0.520. The molecule has 0 amide bonds. The van der Waals surface area contributed by atoms with Crippen molar-refractivity contribution < 1.29 is 9.84 Å². The summed E-state index contributed by atoms with van der Waals surface area (Å²) in [6.45, 7) is 5.13. The van der Waals surface area contributed by atoms with Gasteiger partial charge >= 0.3 is 0 Å². The summed E-state index contributed by atoms with van der Waals surface area (Å²) in [5.74, 6) is 0. The molecule has 0 saturated carbocycles. The molecule has 5 heteroatoms. The number of nitriles is 1. The van der Waals surface area contributed by atoms with Crippen molar-refractivity contribution in [3.05, 3.63) is 36.0 Å². The summed E-state index contributed by atoms with van der Waals surface area (Å²) in [6.07, 6.45) is 1.00. The Balaban J connectivity index is 2.05. The number of aromatic nitrogens is 1. The van der Waals surface area contributed by atoms with Gasteiger partial charge in [0.1, 0.15) is 12.2 Å². The van der Waals surface area contributed by atoms with Crippen molar-refractivity contribution in [3.8, 4) is 6.07 Å². The lowest BCUT2D eigenvalue weighted by atomic mass is 10.1. The number of aliphatic hydroxyl groups is 1. The third-order valence-corrected chi connectivity index (χ3v) is 4.03. The highest BCUT2D eigenvalue weighted by atomic mass is 16.5. The number of rotatable bonds is 2. The molecule has 1 aromatic carbocycles. The van der Waals surface area contributed by atoms with Gasteiger partial charge in [-0.15, -0.1) is 0 Å². The molecular formula is C17H19N3O2. The highest BCUT2D eigenvalue weighted by Gasteiger charge is 2.29. The van der Waals surface area contributed by atoms with Gasteiger partial charge in [-0.25, -0.2) is 0 Å². The Bertz CT molecular complexity index is 723. The highest BCUT2D eigenvalue weighted by molar-refractivity contribution is 5.95. The molecule has 0 bridgehead atoms. The molecule has 1 aliphatic rings. The minimum Gasteiger partial charge on any atom is -0.391 e. The van der Waals surface area contributed by atoms with Gasteiger partial charge in [0.2, 0.25) is 0 Å². The van der Waals surface area contributed by atoms with Crippen LogP contribution in [0.25, 0.3) is 10.9 Å². The second kappa shape index (κ2) is 5.91. The Labute approximate surface area is 129 Å². The van der Waals surface area contributed by atoms with Crippen LogP contribution in [0, 0.1) is 11.3 Å². The van der Waals surface area contributed by atoms with Crippen LogP contribution in [0.2, 0.25) is 0 Å². The molecule has 1 saturated heterocycles. The van der Waals surface area contributed by atoms with E-state index < -0.39 is 6.10 Å². The Hall–Kier alpha value is -2.16. The molecule has 0 radical (unpaired) electrons. The van der Waals surface area contributed by atoms with Crippen LogP contribution in [0.15, 0.2) is 30.5 Å². The second-order valence-electron chi connectivity index (χ2n) is 5.77. The Morgan fingerprint density at radius 2 is 2.23 bits per heavy atom. The van der Waals surface area contributed by atoms with Crippen LogP contribution in [-0.4, -0.2) is 41.5 Å². The topological polar surface area (TPSA) is 69.4 Å². The van der Waals surface area contributed by atoms with E-state index in [1.54, 1.807) is 13.1 Å². The summed E-state index contributed by atoms with van der Waals surface area (Å²) >= 11 is 0. The van der Waals surface area contributed by atoms with Gasteiger partial charge in [0.25, 0.3) is 0 Å². The van der Waals surface area contributed by atoms with Gasteiger partial charge in [0.05, 0.1) is 23.3 Å². The first-order valence-electron chi connectivity index (χ1n) is 7.46. The van der Waals surface area contributed by atoms with Gasteiger partial charge in [-0.1, -0.05) is 0 Å². The quantitative estimate of drug-likeness (QED) is 0.919. The van der Waals surface area contributed by atoms with Crippen molar-refractivity contribution in [2.75, 3.05) is 18.0 Å². The van der Waals surface area contributed by atoms with Crippen molar-refractivity contribution in [3.63, 3.8) is 0 Å². The molecule has 114 valence electrons. The third-order valence-electron chi connectivity index (χ3n) is 4.03. The number of ether oxygens (including phenoxy) is 1. The summed E-state index contributed by atoms with van der Waals surface area (Å²) in [6, 6.07) is 9.82. The second-order valence-corrected chi connectivity index (χ2v) is 5.77. The first kappa shape index (κ1) is 14.8. The lowest BCUT2D eigenvalue weighted by Crippen LogP contribution is -2.50. The summed E-state index contributed by atoms with van der Waals surface area (Å²) in [7, 11) is 0. The largest absolute Gasteiger partial charge is 0.391 e. The zero-order chi connectivity index (χ0) is 15.7. The number of benzene rings is 1. The van der Waals surface area contributed by atoms with Gasteiger partial charge in [0, 0.05) is 30.4 Å². The molecular weight excluding hydrogens is 278 g/mol. The number of aliphatic hydroxyl groups excluding tert-OH is 1. The van der Waals surface area contributed by atoms with Crippen molar-refractivity contribution in [2.24, 2.45) is 0 Å². The standard InChI is InChI=1S/C17H19N3O2/c1-11-9-20(10-16(22-11)12(2)21)15-6-5-13(8-18)17-14(15)4-3-7-19-17/h3-7,11-12,16,21H,9-10H2,1-2H3/t11-,12+,16-/m1/s1. The normalized spacial score (nSPS) is 23.3. The van der Waals surface area contributed by atoms with Crippen molar-refractivity contribution >= 4 is 16.6 Å². The SMILES string of the molecule is C[C@@H]1CN(c2ccc(C#N)c3ncccc23)C[C@H]([C@H](C)O)O1. The molecule has 1 fully saturated rings. The van der Waals surface area contributed by atoms with Crippen LogP contribution in [0.1, 0.15) is 19.4 Å². The molecule has 0 spiro atoms. The molecule has 0 aliphatic carbocycles. The van der Waals surface area contributed by atoms with E-state index in [4.69, 9.17) is 4.74 Å². The van der Waals surface area contributed by atoms with E-state index in [2.05, 4.69) is 16.0 Å². The number of pyridine rings is 1. The van der Waals surface area contributed by atoms with E-state index in [9.17, 15) is 10.4 Å². The van der Waals surface area contributed by atoms with E-state index >= 15 is 0 Å². The number of hydrogen-bond acceptors (Lipinski definition) is 5. The molecule has 1 aliphatic heterocycles. The molecule has 0 unspecified atom stereocenters. The van der Waals surface area contributed by atoms with Crippen molar-refractivity contribution in [2.45, 2.75) is 32.2 Å². The Kier molecular flexibility index (Phi) is 3.97. The first-order chi connectivity index (χ1) is 10.6. The lowest BCUT2D eigenvalue weighted by Gasteiger charge is -2.39. The van der Waals surface area contributed by atoms with Gasteiger partial charge in [-0.2, -0.15) is 5.26 Å². The number of fused-ring (bicyclic) bond motifs is 1. The smallest absolute Gasteiger partial charge is 0.101 e. The molecule has 2 heterocycles. The maximum Gasteiger partial charge on any atom is 0.101 e. The average Bonchev–Trinajstić information content (AvgIpc) is 2.53. The van der Waals surface area contributed by atoms with E-state index in [1.807, 2.05) is 31.2 Å². The molecule has 5 nitrogen and oxygen atoms in total. The van der Waals surface area contributed by atoms with E-state index in [-0.39, 0.29) is 12.2 Å². The van der Waals surface area contributed by atoms with Crippen LogP contribution < -0.4 is 4.90 Å². The summed E-state index contributed by atoms with van der Waals surface area (Å²) in [5, 5.41) is 20.0. The van der Waals surface area contributed by atoms with E-state index in [0.29, 0.717) is 12.1 Å². The molecule has 2 aromatic rings. The fourth-order valence-electron chi connectivity index (χ4n) is 2.97. The molecule has 1 aromatic heterocycles. The van der Waals surface area contributed by atoms with Crippen LogP contribution in [0.3, 0.4) is 0 Å². The number of hydrogen-bond donors (Lipinski definition) is 1. The molecule has 3 rings (SSSR count). The summed E-state index contributed by atoms with van der Waals surface area (Å²) < 4.78 is 5.80. The monoisotopic (exact) mass is 297 g/mol. The van der Waals surface area contributed by atoms with Crippen molar-refractivity contribution in [1.29, 1.82) is 5.26 Å². The zero-order valence-corrected chi connectivity index (χ0v) is 12.7. The predicted octanol–water partition coefficient (Wildman–Crippen LogP) is 2.08. The summed E-state index contributed by atoms with van der Waals surface area (Å²) in [5.41, 5.74) is 2.32. The molecule has 22 heavy (non-hydrogen) atoms. The zero-order valence-electron chi connectivity index (χ0n) is 12.7. The maximum absolute atomic E-state index is 9.85. The van der Waals surface area contributed by atoms with E-state index in [0.717, 1.165) is 23.1 Å². The first-order valence-corrected chi connectivity index (χ1v) is 7.46. The van der Waals surface area contributed by atoms with E-state index in [1.165, 1.54) is 0 Å². The van der Waals surface area contributed by atoms with Gasteiger partial charge in [0.15, 0.2) is 0 Å². The van der Waals surface area contributed by atoms with Crippen LogP contribution in [0.5, 0.6) is 0 Å². The van der Waals surface area contributed by atoms with Crippen LogP contribution in [-0.2, 0) is 4.74 Å².